The second-order valence-electron chi connectivity index (χ2n) is 5.68. The van der Waals surface area contributed by atoms with Crippen molar-refractivity contribution in [2.45, 2.75) is 25.8 Å². The lowest BCUT2D eigenvalue weighted by molar-refractivity contribution is -0.146. The standard InChI is InChI=1S/C18H19NO7S2/c1-3-26-12-6-4-10(8-13(12)25-2)9-14-16(22)19(18(27)28-14)11(17(23)24)5-7-15(20)21/h4,6,8-9,11H,3,5,7H2,1-2H3,(H,20,21)(H,23,24)/b14-9-/t11-/m1/s1. The van der Waals surface area contributed by atoms with E-state index in [0.717, 1.165) is 16.7 Å². The zero-order valence-corrected chi connectivity index (χ0v) is 16.8. The Bertz CT molecular complexity index is 837. The molecule has 0 radical (unpaired) electrons. The summed E-state index contributed by atoms with van der Waals surface area (Å²) in [5.41, 5.74) is 0.651. The third-order valence-electron chi connectivity index (χ3n) is 3.84. The van der Waals surface area contributed by atoms with E-state index < -0.39 is 23.9 Å². The van der Waals surface area contributed by atoms with Crippen molar-refractivity contribution in [3.05, 3.63) is 28.7 Å². The van der Waals surface area contributed by atoms with Gasteiger partial charge in [0.1, 0.15) is 10.4 Å². The van der Waals surface area contributed by atoms with Gasteiger partial charge in [0.05, 0.1) is 18.6 Å². The molecule has 2 rings (SSSR count). The molecule has 1 aromatic carbocycles. The molecular formula is C18H19NO7S2. The minimum Gasteiger partial charge on any atom is -0.493 e. The van der Waals surface area contributed by atoms with E-state index in [4.69, 9.17) is 26.8 Å². The lowest BCUT2D eigenvalue weighted by Gasteiger charge is -2.22. The van der Waals surface area contributed by atoms with Crippen molar-refractivity contribution in [1.29, 1.82) is 0 Å². The Balaban J connectivity index is 2.28. The number of hydrogen-bond donors (Lipinski definition) is 2. The minimum absolute atomic E-state index is 0.0759. The Kier molecular flexibility index (Phi) is 7.41. The number of benzene rings is 1. The first-order valence-electron chi connectivity index (χ1n) is 8.31. The number of carboxylic acid groups (broad SMARTS) is 2. The van der Waals surface area contributed by atoms with Crippen LogP contribution in [0.3, 0.4) is 0 Å². The molecule has 0 saturated carbocycles. The number of nitrogens with zero attached hydrogens (tertiary/aromatic N) is 1. The molecule has 28 heavy (non-hydrogen) atoms. The fourth-order valence-corrected chi connectivity index (χ4v) is 3.93. The molecule has 0 aromatic heterocycles. The summed E-state index contributed by atoms with van der Waals surface area (Å²) in [6, 6.07) is 3.81. The number of thioether (sulfide) groups is 1. The topological polar surface area (TPSA) is 113 Å². The van der Waals surface area contributed by atoms with Gasteiger partial charge in [-0.25, -0.2) is 4.79 Å². The fourth-order valence-electron chi connectivity index (χ4n) is 2.57. The molecule has 1 amide bonds. The van der Waals surface area contributed by atoms with Crippen molar-refractivity contribution in [3.63, 3.8) is 0 Å². The molecule has 1 aliphatic heterocycles. The van der Waals surface area contributed by atoms with Crippen LogP contribution in [0.15, 0.2) is 23.1 Å². The van der Waals surface area contributed by atoms with Crippen molar-refractivity contribution < 1.29 is 34.1 Å². The van der Waals surface area contributed by atoms with Crippen LogP contribution in [0.25, 0.3) is 6.08 Å². The molecule has 0 aliphatic carbocycles. The van der Waals surface area contributed by atoms with Gasteiger partial charge in [-0.05, 0) is 37.1 Å². The van der Waals surface area contributed by atoms with Crippen LogP contribution in [0, 0.1) is 0 Å². The van der Waals surface area contributed by atoms with E-state index in [9.17, 15) is 19.5 Å². The number of carbonyl (C=O) groups is 3. The molecule has 0 bridgehead atoms. The van der Waals surface area contributed by atoms with Gasteiger partial charge in [0.15, 0.2) is 11.5 Å². The van der Waals surface area contributed by atoms with E-state index >= 15 is 0 Å². The summed E-state index contributed by atoms with van der Waals surface area (Å²) in [5, 5.41) is 18.2. The van der Waals surface area contributed by atoms with E-state index in [2.05, 4.69) is 0 Å². The van der Waals surface area contributed by atoms with Crippen molar-refractivity contribution >= 4 is 52.2 Å². The fraction of sp³-hybridized carbons (Fsp3) is 0.333. The third-order valence-corrected chi connectivity index (χ3v) is 5.17. The van der Waals surface area contributed by atoms with Gasteiger partial charge < -0.3 is 19.7 Å². The van der Waals surface area contributed by atoms with Gasteiger partial charge in [-0.3, -0.25) is 14.5 Å². The Morgan fingerprint density at radius 2 is 2.04 bits per heavy atom. The molecule has 0 spiro atoms. The van der Waals surface area contributed by atoms with Gasteiger partial charge in [-0.15, -0.1) is 0 Å². The summed E-state index contributed by atoms with van der Waals surface area (Å²) in [6.07, 6.45) is 0.956. The van der Waals surface area contributed by atoms with E-state index in [-0.39, 0.29) is 22.1 Å². The lowest BCUT2D eigenvalue weighted by atomic mass is 10.1. The summed E-state index contributed by atoms with van der Waals surface area (Å²) >= 11 is 6.13. The smallest absolute Gasteiger partial charge is 0.326 e. The quantitative estimate of drug-likeness (QED) is 0.455. The van der Waals surface area contributed by atoms with E-state index in [0.29, 0.717) is 23.7 Å². The highest BCUT2D eigenvalue weighted by atomic mass is 32.2. The summed E-state index contributed by atoms with van der Waals surface area (Å²) in [6.45, 7) is 2.32. The number of carbonyl (C=O) groups excluding carboxylic acids is 1. The van der Waals surface area contributed by atoms with Crippen molar-refractivity contribution in [2.75, 3.05) is 13.7 Å². The Morgan fingerprint density at radius 3 is 2.61 bits per heavy atom. The number of hydrogen-bond acceptors (Lipinski definition) is 7. The van der Waals surface area contributed by atoms with Crippen LogP contribution in [0.5, 0.6) is 11.5 Å². The normalized spacial score (nSPS) is 16.4. The van der Waals surface area contributed by atoms with Crippen LogP contribution in [-0.2, 0) is 14.4 Å². The molecule has 1 fully saturated rings. The number of carboxylic acids is 2. The number of rotatable bonds is 9. The molecule has 0 unspecified atom stereocenters. The highest BCUT2D eigenvalue weighted by Crippen LogP contribution is 2.36. The highest BCUT2D eigenvalue weighted by Gasteiger charge is 2.40. The minimum atomic E-state index is -1.33. The predicted octanol–water partition coefficient (Wildman–Crippen LogP) is 2.61. The van der Waals surface area contributed by atoms with Crippen LogP contribution in [0.4, 0.5) is 0 Å². The Morgan fingerprint density at radius 1 is 1.32 bits per heavy atom. The van der Waals surface area contributed by atoms with Gasteiger partial charge >= 0.3 is 11.9 Å². The molecular weight excluding hydrogens is 406 g/mol. The molecule has 8 nitrogen and oxygen atoms in total. The number of amides is 1. The zero-order chi connectivity index (χ0) is 20.8. The number of ether oxygens (including phenoxy) is 2. The third kappa shape index (κ3) is 5.02. The number of aliphatic carboxylic acids is 2. The maximum atomic E-state index is 12.7. The van der Waals surface area contributed by atoms with Gasteiger partial charge in [0.2, 0.25) is 0 Å². The van der Waals surface area contributed by atoms with Crippen LogP contribution < -0.4 is 9.47 Å². The van der Waals surface area contributed by atoms with Gasteiger partial charge in [-0.1, -0.05) is 30.0 Å². The van der Waals surface area contributed by atoms with Crippen molar-refractivity contribution in [2.24, 2.45) is 0 Å². The summed E-state index contributed by atoms with van der Waals surface area (Å²) < 4.78 is 10.8. The van der Waals surface area contributed by atoms with Crippen molar-refractivity contribution in [3.8, 4) is 11.5 Å². The highest BCUT2D eigenvalue weighted by molar-refractivity contribution is 8.26. The molecule has 1 aromatic rings. The summed E-state index contributed by atoms with van der Waals surface area (Å²) in [5.74, 6) is -1.96. The van der Waals surface area contributed by atoms with Crippen molar-refractivity contribution in [1.82, 2.24) is 4.90 Å². The van der Waals surface area contributed by atoms with E-state index in [1.165, 1.54) is 7.11 Å². The summed E-state index contributed by atoms with van der Waals surface area (Å²) in [4.78, 5) is 36.2. The first kappa shape index (κ1) is 21.7. The van der Waals surface area contributed by atoms with Gasteiger partial charge in [-0.2, -0.15) is 0 Å². The van der Waals surface area contributed by atoms with Crippen LogP contribution >= 0.6 is 24.0 Å². The molecule has 1 aliphatic rings. The maximum Gasteiger partial charge on any atom is 0.326 e. The lowest BCUT2D eigenvalue weighted by Crippen LogP contribution is -2.44. The SMILES string of the molecule is CCOc1ccc(/C=C2\SC(=S)N([C@H](CCC(=O)O)C(=O)O)C2=O)cc1OC. The summed E-state index contributed by atoms with van der Waals surface area (Å²) in [7, 11) is 1.50. The van der Waals surface area contributed by atoms with E-state index in [1.54, 1.807) is 24.3 Å². The predicted molar refractivity (Wildman–Crippen MR) is 107 cm³/mol. The largest absolute Gasteiger partial charge is 0.493 e. The maximum absolute atomic E-state index is 12.7. The first-order chi connectivity index (χ1) is 13.3. The molecule has 2 N–H and O–H groups in total. The van der Waals surface area contributed by atoms with Gasteiger partial charge in [0.25, 0.3) is 5.91 Å². The van der Waals surface area contributed by atoms with Crippen LogP contribution in [0.1, 0.15) is 25.3 Å². The average molecular weight is 425 g/mol. The molecule has 10 heteroatoms. The molecule has 150 valence electrons. The van der Waals surface area contributed by atoms with Crippen LogP contribution in [-0.4, -0.2) is 57.0 Å². The van der Waals surface area contributed by atoms with Crippen LogP contribution in [0.2, 0.25) is 0 Å². The Labute approximate surface area is 171 Å². The second kappa shape index (κ2) is 9.56. The monoisotopic (exact) mass is 425 g/mol. The van der Waals surface area contributed by atoms with E-state index in [1.807, 2.05) is 6.92 Å². The number of methoxy groups -OCH3 is 1. The average Bonchev–Trinajstić information content (AvgIpc) is 2.90. The second-order valence-corrected chi connectivity index (χ2v) is 7.36. The first-order valence-corrected chi connectivity index (χ1v) is 9.53. The number of thiocarbonyl (C=S) groups is 1. The van der Waals surface area contributed by atoms with Gasteiger partial charge in [0, 0.05) is 6.42 Å². The zero-order valence-electron chi connectivity index (χ0n) is 15.2. The molecule has 1 saturated heterocycles. The Hall–Kier alpha value is -2.59. The molecule has 1 heterocycles. The molecule has 1 atom stereocenters.